The highest BCUT2D eigenvalue weighted by atomic mass is 16.5. The third-order valence-electron chi connectivity index (χ3n) is 7.29. The zero-order valence-corrected chi connectivity index (χ0v) is 24.1. The summed E-state index contributed by atoms with van der Waals surface area (Å²) in [5.74, 6) is -0.230. The predicted octanol–water partition coefficient (Wildman–Crippen LogP) is 4.82. The normalized spacial score (nSPS) is 14.8. The van der Waals surface area contributed by atoms with Gasteiger partial charge >= 0.3 is 18.0 Å². The van der Waals surface area contributed by atoms with E-state index in [0.717, 1.165) is 38.0 Å². The second-order valence-electron chi connectivity index (χ2n) is 10.3. The highest BCUT2D eigenvalue weighted by Gasteiger charge is 2.26. The summed E-state index contributed by atoms with van der Waals surface area (Å²) in [7, 11) is 0. The van der Waals surface area contributed by atoms with Gasteiger partial charge in [0.1, 0.15) is 6.04 Å². The van der Waals surface area contributed by atoms with Crippen molar-refractivity contribution in [1.29, 1.82) is 0 Å². The van der Waals surface area contributed by atoms with Crippen molar-refractivity contribution in [1.82, 2.24) is 15.1 Å². The SMILES string of the molecule is CCOC(=O)CC[C@H](NC(=O)N(CCCN1CCC(Cc2ccccc2)CC1)Cc1ccccc1)C(=O)OCC. The number of benzene rings is 2. The summed E-state index contributed by atoms with van der Waals surface area (Å²) in [6, 6.07) is 19.3. The molecule has 0 aromatic heterocycles. The van der Waals surface area contributed by atoms with Crippen LogP contribution >= 0.6 is 0 Å². The van der Waals surface area contributed by atoms with Crippen LogP contribution in [0, 0.1) is 5.92 Å². The number of rotatable bonds is 15. The van der Waals surface area contributed by atoms with E-state index in [0.29, 0.717) is 19.0 Å². The quantitative estimate of drug-likeness (QED) is 0.320. The number of amides is 2. The first-order valence-corrected chi connectivity index (χ1v) is 14.7. The first-order chi connectivity index (χ1) is 19.5. The average molecular weight is 552 g/mol. The zero-order chi connectivity index (χ0) is 28.6. The van der Waals surface area contributed by atoms with E-state index in [2.05, 4.69) is 40.5 Å². The molecular formula is C32H45N3O5. The van der Waals surface area contributed by atoms with E-state index in [9.17, 15) is 14.4 Å². The van der Waals surface area contributed by atoms with Crippen LogP contribution in [0.5, 0.6) is 0 Å². The Kier molecular flexibility index (Phi) is 13.5. The van der Waals surface area contributed by atoms with E-state index in [1.807, 2.05) is 30.3 Å². The van der Waals surface area contributed by atoms with Crippen molar-refractivity contribution in [3.05, 3.63) is 71.8 Å². The van der Waals surface area contributed by atoms with Gasteiger partial charge in [-0.2, -0.15) is 0 Å². The molecule has 0 unspecified atom stereocenters. The first kappa shape index (κ1) is 31.1. The summed E-state index contributed by atoms with van der Waals surface area (Å²) < 4.78 is 10.2. The largest absolute Gasteiger partial charge is 0.466 e. The van der Waals surface area contributed by atoms with Gasteiger partial charge in [-0.3, -0.25) is 4.79 Å². The fraction of sp³-hybridized carbons (Fsp3) is 0.531. The Bertz CT molecular complexity index is 1030. The van der Waals surface area contributed by atoms with Crippen LogP contribution < -0.4 is 5.32 Å². The van der Waals surface area contributed by atoms with Crippen molar-refractivity contribution < 1.29 is 23.9 Å². The minimum Gasteiger partial charge on any atom is -0.466 e. The number of nitrogens with zero attached hydrogens (tertiary/aromatic N) is 2. The number of carbonyl (C=O) groups is 3. The zero-order valence-electron chi connectivity index (χ0n) is 24.1. The van der Waals surface area contributed by atoms with Crippen LogP contribution in [-0.2, 0) is 32.0 Å². The molecule has 0 saturated carbocycles. The van der Waals surface area contributed by atoms with Crippen LogP contribution in [0.2, 0.25) is 0 Å². The summed E-state index contributed by atoms with van der Waals surface area (Å²) >= 11 is 0. The molecule has 1 atom stereocenters. The molecule has 1 N–H and O–H groups in total. The van der Waals surface area contributed by atoms with E-state index in [-0.39, 0.29) is 32.1 Å². The fourth-order valence-electron chi connectivity index (χ4n) is 5.13. The van der Waals surface area contributed by atoms with Gasteiger partial charge in [-0.1, -0.05) is 60.7 Å². The van der Waals surface area contributed by atoms with E-state index in [1.54, 1.807) is 18.7 Å². The minimum atomic E-state index is -0.918. The number of hydrogen-bond acceptors (Lipinski definition) is 6. The lowest BCUT2D eigenvalue weighted by Gasteiger charge is -2.33. The maximum absolute atomic E-state index is 13.4. The van der Waals surface area contributed by atoms with Crippen molar-refractivity contribution in [2.24, 2.45) is 5.92 Å². The molecule has 218 valence electrons. The highest BCUT2D eigenvalue weighted by Crippen LogP contribution is 2.22. The van der Waals surface area contributed by atoms with Crippen LogP contribution in [0.1, 0.15) is 57.1 Å². The Morgan fingerprint density at radius 1 is 0.925 bits per heavy atom. The lowest BCUT2D eigenvalue weighted by atomic mass is 9.90. The number of hydrogen-bond donors (Lipinski definition) is 1. The number of esters is 2. The second kappa shape index (κ2) is 17.3. The lowest BCUT2D eigenvalue weighted by Crippen LogP contribution is -2.49. The minimum absolute atomic E-state index is 0.0243. The Morgan fingerprint density at radius 3 is 2.17 bits per heavy atom. The Hall–Kier alpha value is -3.39. The Morgan fingerprint density at radius 2 is 1.55 bits per heavy atom. The summed E-state index contributed by atoms with van der Waals surface area (Å²) in [4.78, 5) is 42.1. The molecule has 0 bridgehead atoms. The monoisotopic (exact) mass is 551 g/mol. The van der Waals surface area contributed by atoms with Crippen molar-refractivity contribution in [3.63, 3.8) is 0 Å². The Balaban J connectivity index is 1.54. The predicted molar refractivity (Wildman–Crippen MR) is 156 cm³/mol. The topological polar surface area (TPSA) is 88.2 Å². The molecule has 1 heterocycles. The van der Waals surface area contributed by atoms with Crippen molar-refractivity contribution in [3.8, 4) is 0 Å². The van der Waals surface area contributed by atoms with Gasteiger partial charge in [0.15, 0.2) is 0 Å². The van der Waals surface area contributed by atoms with Crippen molar-refractivity contribution in [2.75, 3.05) is 39.4 Å². The summed E-state index contributed by atoms with van der Waals surface area (Å²) in [5, 5.41) is 2.83. The highest BCUT2D eigenvalue weighted by molar-refractivity contribution is 5.84. The number of nitrogens with one attached hydrogen (secondary N) is 1. The maximum Gasteiger partial charge on any atom is 0.328 e. The summed E-state index contributed by atoms with van der Waals surface area (Å²) in [6.45, 7) is 7.96. The molecule has 2 amide bonds. The van der Waals surface area contributed by atoms with Crippen molar-refractivity contribution >= 4 is 18.0 Å². The molecule has 1 aliphatic rings. The van der Waals surface area contributed by atoms with Gasteiger partial charge < -0.3 is 24.6 Å². The van der Waals surface area contributed by atoms with Crippen molar-refractivity contribution in [2.45, 2.75) is 65.0 Å². The molecule has 3 rings (SSSR count). The van der Waals surface area contributed by atoms with E-state index in [1.165, 1.54) is 18.4 Å². The maximum atomic E-state index is 13.4. The number of urea groups is 1. The van der Waals surface area contributed by atoms with Gasteiger partial charge in [-0.25, -0.2) is 9.59 Å². The molecule has 2 aromatic carbocycles. The number of ether oxygens (including phenoxy) is 2. The van der Waals surface area contributed by atoms with Gasteiger partial charge in [0.05, 0.1) is 13.2 Å². The van der Waals surface area contributed by atoms with Gasteiger partial charge in [-0.05, 0) is 82.6 Å². The molecule has 0 aliphatic carbocycles. The van der Waals surface area contributed by atoms with Gasteiger partial charge in [0.25, 0.3) is 0 Å². The van der Waals surface area contributed by atoms with Gasteiger partial charge in [0, 0.05) is 19.5 Å². The molecule has 40 heavy (non-hydrogen) atoms. The third-order valence-corrected chi connectivity index (χ3v) is 7.29. The number of carbonyl (C=O) groups excluding carboxylic acids is 3. The smallest absolute Gasteiger partial charge is 0.328 e. The Labute approximate surface area is 239 Å². The molecule has 0 radical (unpaired) electrons. The summed E-state index contributed by atoms with van der Waals surface area (Å²) in [6.07, 6.45) is 4.49. The molecule has 2 aromatic rings. The lowest BCUT2D eigenvalue weighted by molar-refractivity contribution is -0.146. The molecule has 1 aliphatic heterocycles. The fourth-order valence-corrected chi connectivity index (χ4v) is 5.13. The second-order valence-corrected chi connectivity index (χ2v) is 10.3. The van der Waals surface area contributed by atoms with Crippen LogP contribution in [0.3, 0.4) is 0 Å². The van der Waals surface area contributed by atoms with Crippen LogP contribution in [-0.4, -0.2) is 73.2 Å². The van der Waals surface area contributed by atoms with E-state index >= 15 is 0 Å². The summed E-state index contributed by atoms with van der Waals surface area (Å²) in [5.41, 5.74) is 2.42. The molecule has 1 fully saturated rings. The number of piperidine rings is 1. The van der Waals surface area contributed by atoms with Gasteiger partial charge in [0.2, 0.25) is 0 Å². The standard InChI is InChI=1S/C32H45N3O5/c1-3-39-30(36)17-16-29(31(37)40-4-2)33-32(38)35(25-28-14-9-6-10-15-28)21-11-20-34-22-18-27(19-23-34)24-26-12-7-5-8-13-26/h5-10,12-15,27,29H,3-4,11,16-25H2,1-2H3,(H,33,38)/t29-/m0/s1. The molecule has 8 nitrogen and oxygen atoms in total. The number of likely N-dealkylation sites (tertiary alicyclic amines) is 1. The third kappa shape index (κ3) is 11.0. The molecular weight excluding hydrogens is 506 g/mol. The molecule has 8 heteroatoms. The first-order valence-electron chi connectivity index (χ1n) is 14.7. The molecule has 0 spiro atoms. The molecule has 1 saturated heterocycles. The average Bonchev–Trinajstić information content (AvgIpc) is 2.97. The van der Waals surface area contributed by atoms with E-state index < -0.39 is 18.0 Å². The van der Waals surface area contributed by atoms with Crippen LogP contribution in [0.25, 0.3) is 0 Å². The van der Waals surface area contributed by atoms with Crippen LogP contribution in [0.4, 0.5) is 4.79 Å². The van der Waals surface area contributed by atoms with Crippen LogP contribution in [0.15, 0.2) is 60.7 Å². The van der Waals surface area contributed by atoms with E-state index in [4.69, 9.17) is 9.47 Å². The van der Waals surface area contributed by atoms with Gasteiger partial charge in [-0.15, -0.1) is 0 Å².